The normalized spacial score (nSPS) is 19.3. The van der Waals surface area contributed by atoms with Crippen molar-refractivity contribution >= 4 is 11.8 Å². The largest absolute Gasteiger partial charge is 0.497 e. The summed E-state index contributed by atoms with van der Waals surface area (Å²) in [7, 11) is 2.70. The molecule has 7 nitrogen and oxygen atoms in total. The molecule has 0 aromatic heterocycles. The molecule has 27 heavy (non-hydrogen) atoms. The van der Waals surface area contributed by atoms with Crippen LogP contribution in [0.5, 0.6) is 5.75 Å². The molecule has 0 saturated heterocycles. The van der Waals surface area contributed by atoms with Crippen molar-refractivity contribution in [3.05, 3.63) is 75.3 Å². The van der Waals surface area contributed by atoms with E-state index in [0.717, 1.165) is 0 Å². The summed E-state index contributed by atoms with van der Waals surface area (Å²) in [5.74, 6) is -1.59. The van der Waals surface area contributed by atoms with Crippen LogP contribution in [0.1, 0.15) is 27.4 Å². The number of nitrogens with zero attached hydrogens (tertiary/aromatic N) is 1. The lowest BCUT2D eigenvalue weighted by Gasteiger charge is -2.31. The quantitative estimate of drug-likeness (QED) is 0.336. The molecule has 0 aliphatic heterocycles. The van der Waals surface area contributed by atoms with Crippen LogP contribution in [0.3, 0.4) is 0 Å². The molecule has 0 N–H and O–H groups in total. The maximum atomic E-state index is 13.3. The van der Waals surface area contributed by atoms with Crippen LogP contribution in [0.2, 0.25) is 0 Å². The van der Waals surface area contributed by atoms with Gasteiger partial charge in [0.15, 0.2) is 5.78 Å². The van der Waals surface area contributed by atoms with Crippen LogP contribution in [-0.4, -0.2) is 37.4 Å². The lowest BCUT2D eigenvalue weighted by molar-refractivity contribution is -0.485. The van der Waals surface area contributed by atoms with Gasteiger partial charge in [0.25, 0.3) is 0 Å². The average Bonchev–Trinajstić information content (AvgIpc) is 2.99. The highest BCUT2D eigenvalue weighted by Gasteiger charge is 2.59. The van der Waals surface area contributed by atoms with Gasteiger partial charge in [0.1, 0.15) is 11.2 Å². The molecule has 0 saturated carbocycles. The van der Waals surface area contributed by atoms with E-state index >= 15 is 0 Å². The summed E-state index contributed by atoms with van der Waals surface area (Å²) >= 11 is 0. The van der Waals surface area contributed by atoms with Crippen LogP contribution in [-0.2, 0) is 16.0 Å². The predicted molar refractivity (Wildman–Crippen MR) is 96.5 cm³/mol. The smallest absolute Gasteiger partial charge is 0.320 e. The Balaban J connectivity index is 2.17. The Kier molecular flexibility index (Phi) is 4.94. The lowest BCUT2D eigenvalue weighted by Crippen LogP contribution is -2.46. The Morgan fingerprint density at radius 1 is 1.19 bits per heavy atom. The number of rotatable bonds is 6. The fraction of sp³-hybridized carbons (Fsp3) is 0.300. The molecule has 140 valence electrons. The molecule has 0 spiro atoms. The molecule has 0 radical (unpaired) electrons. The van der Waals surface area contributed by atoms with E-state index in [9.17, 15) is 19.7 Å². The van der Waals surface area contributed by atoms with E-state index < -0.39 is 34.6 Å². The second kappa shape index (κ2) is 7.19. The lowest BCUT2D eigenvalue weighted by atomic mass is 9.69. The first kappa shape index (κ1) is 18.6. The maximum Gasteiger partial charge on any atom is 0.320 e. The van der Waals surface area contributed by atoms with Crippen LogP contribution in [0.25, 0.3) is 0 Å². The Bertz CT molecular complexity index is 892. The van der Waals surface area contributed by atoms with E-state index in [1.807, 2.05) is 0 Å². The number of fused-ring (bicyclic) bond motifs is 1. The third-order valence-electron chi connectivity index (χ3n) is 5.13. The maximum absolute atomic E-state index is 13.3. The number of ketones is 1. The van der Waals surface area contributed by atoms with Gasteiger partial charge in [0, 0.05) is 10.5 Å². The van der Waals surface area contributed by atoms with Gasteiger partial charge in [-0.05, 0) is 29.7 Å². The zero-order valence-corrected chi connectivity index (χ0v) is 15.0. The number of Topliss-reactive ketones (excluding diaryl/α,β-unsaturated/α-hetero) is 1. The predicted octanol–water partition coefficient (Wildman–Crippen LogP) is 2.65. The van der Waals surface area contributed by atoms with Gasteiger partial charge in [0.2, 0.25) is 6.54 Å². The standard InChI is InChI=1S/C20H19NO6/c1-26-15-9-7-13(8-10-15)17(12-21(24)25)20(19(23)27-2)11-14-5-3-4-6-16(14)18(20)22/h3-10,17H,11-12H2,1-2H3/t17-,20+/m1/s1. The molecule has 0 heterocycles. The van der Waals surface area contributed by atoms with Crippen LogP contribution < -0.4 is 4.74 Å². The molecule has 0 amide bonds. The number of methoxy groups -OCH3 is 2. The second-order valence-electron chi connectivity index (χ2n) is 6.47. The SMILES string of the molecule is COC(=O)[C@]1([C@H](C[N+](=O)[O-])c2ccc(OC)cc2)Cc2ccccc2C1=O. The first-order valence-corrected chi connectivity index (χ1v) is 8.41. The van der Waals surface area contributed by atoms with Crippen LogP contribution in [0.15, 0.2) is 48.5 Å². The molecule has 2 aromatic rings. The minimum atomic E-state index is -1.67. The fourth-order valence-electron chi connectivity index (χ4n) is 3.82. The summed E-state index contributed by atoms with van der Waals surface area (Å²) in [5, 5.41) is 11.4. The van der Waals surface area contributed by atoms with Gasteiger partial charge >= 0.3 is 5.97 Å². The number of hydrogen-bond acceptors (Lipinski definition) is 6. The first-order chi connectivity index (χ1) is 12.9. The van der Waals surface area contributed by atoms with Crippen molar-refractivity contribution in [2.24, 2.45) is 5.41 Å². The highest BCUT2D eigenvalue weighted by molar-refractivity contribution is 6.16. The van der Waals surface area contributed by atoms with E-state index in [2.05, 4.69) is 0 Å². The molecule has 2 atom stereocenters. The van der Waals surface area contributed by atoms with Gasteiger partial charge in [-0.1, -0.05) is 36.4 Å². The third kappa shape index (κ3) is 3.05. The summed E-state index contributed by atoms with van der Waals surface area (Å²) in [6.07, 6.45) is 0.0687. The molecule has 7 heteroatoms. The van der Waals surface area contributed by atoms with Crippen LogP contribution in [0, 0.1) is 15.5 Å². The van der Waals surface area contributed by atoms with E-state index in [1.54, 1.807) is 48.5 Å². The molecule has 0 fully saturated rings. The minimum absolute atomic E-state index is 0.0687. The monoisotopic (exact) mass is 369 g/mol. The zero-order valence-electron chi connectivity index (χ0n) is 15.0. The Labute approximate surface area is 156 Å². The number of esters is 1. The zero-order chi connectivity index (χ0) is 19.6. The molecular weight excluding hydrogens is 350 g/mol. The molecule has 1 aliphatic carbocycles. The topological polar surface area (TPSA) is 95.7 Å². The van der Waals surface area contributed by atoms with Gasteiger partial charge < -0.3 is 9.47 Å². The van der Waals surface area contributed by atoms with E-state index in [0.29, 0.717) is 22.4 Å². The fourth-order valence-corrected chi connectivity index (χ4v) is 3.82. The van der Waals surface area contributed by atoms with Gasteiger partial charge in [-0.3, -0.25) is 19.7 Å². The molecule has 0 bridgehead atoms. The minimum Gasteiger partial charge on any atom is -0.497 e. The van der Waals surface area contributed by atoms with Crippen molar-refractivity contribution in [2.45, 2.75) is 12.3 Å². The van der Waals surface area contributed by atoms with Crippen LogP contribution in [0.4, 0.5) is 0 Å². The number of nitro groups is 1. The average molecular weight is 369 g/mol. The molecular formula is C20H19NO6. The van der Waals surface area contributed by atoms with Gasteiger partial charge in [-0.2, -0.15) is 0 Å². The van der Waals surface area contributed by atoms with Crippen molar-refractivity contribution in [1.29, 1.82) is 0 Å². The summed E-state index contributed by atoms with van der Waals surface area (Å²) in [4.78, 5) is 37.0. The summed E-state index contributed by atoms with van der Waals surface area (Å²) < 4.78 is 10.1. The van der Waals surface area contributed by atoms with Crippen molar-refractivity contribution in [2.75, 3.05) is 20.8 Å². The van der Waals surface area contributed by atoms with E-state index in [4.69, 9.17) is 9.47 Å². The first-order valence-electron chi connectivity index (χ1n) is 8.41. The number of hydrogen-bond donors (Lipinski definition) is 0. The number of carbonyl (C=O) groups excluding carboxylic acids is 2. The highest BCUT2D eigenvalue weighted by atomic mass is 16.6. The van der Waals surface area contributed by atoms with Gasteiger partial charge in [-0.15, -0.1) is 0 Å². The van der Waals surface area contributed by atoms with Gasteiger partial charge in [-0.25, -0.2) is 0 Å². The Hall–Kier alpha value is -3.22. The van der Waals surface area contributed by atoms with Gasteiger partial charge in [0.05, 0.1) is 20.1 Å². The van der Waals surface area contributed by atoms with Crippen molar-refractivity contribution in [1.82, 2.24) is 0 Å². The molecule has 3 rings (SSSR count). The molecule has 1 aliphatic rings. The Morgan fingerprint density at radius 3 is 2.41 bits per heavy atom. The number of ether oxygens (including phenoxy) is 2. The third-order valence-corrected chi connectivity index (χ3v) is 5.13. The van der Waals surface area contributed by atoms with E-state index in [1.165, 1.54) is 14.2 Å². The number of benzene rings is 2. The van der Waals surface area contributed by atoms with Crippen molar-refractivity contribution < 1.29 is 24.0 Å². The highest BCUT2D eigenvalue weighted by Crippen LogP contribution is 2.48. The summed E-state index contributed by atoms with van der Waals surface area (Å²) in [6, 6.07) is 13.5. The second-order valence-corrected chi connectivity index (χ2v) is 6.47. The summed E-state index contributed by atoms with van der Waals surface area (Å²) in [5.41, 5.74) is -0.0568. The van der Waals surface area contributed by atoms with Crippen molar-refractivity contribution in [3.8, 4) is 5.75 Å². The Morgan fingerprint density at radius 2 is 1.85 bits per heavy atom. The number of carbonyl (C=O) groups is 2. The van der Waals surface area contributed by atoms with Crippen molar-refractivity contribution in [3.63, 3.8) is 0 Å². The van der Waals surface area contributed by atoms with E-state index in [-0.39, 0.29) is 6.42 Å². The summed E-state index contributed by atoms with van der Waals surface area (Å²) in [6.45, 7) is -0.568. The molecule has 0 unspecified atom stereocenters. The molecule has 2 aromatic carbocycles. The van der Waals surface area contributed by atoms with Crippen LogP contribution >= 0.6 is 0 Å².